The highest BCUT2D eigenvalue weighted by Gasteiger charge is 2.32. The smallest absolute Gasteiger partial charge is 0.162 e. The van der Waals surface area contributed by atoms with Crippen LogP contribution in [-0.2, 0) is 0 Å². The van der Waals surface area contributed by atoms with Crippen LogP contribution in [0.15, 0.2) is 52.9 Å². The van der Waals surface area contributed by atoms with E-state index in [1.807, 2.05) is 30.5 Å². The Bertz CT molecular complexity index is 685. The minimum atomic E-state index is 0.0146. The van der Waals surface area contributed by atoms with Gasteiger partial charge in [0.15, 0.2) is 6.17 Å². The molecule has 6 heteroatoms. The molecule has 0 amide bonds. The lowest BCUT2D eigenvalue weighted by Gasteiger charge is -2.31. The van der Waals surface area contributed by atoms with E-state index < -0.39 is 0 Å². The topological polar surface area (TPSA) is 48.9 Å². The lowest BCUT2D eigenvalue weighted by atomic mass is 10.1. The van der Waals surface area contributed by atoms with Crippen molar-refractivity contribution in [2.75, 3.05) is 13.2 Å². The summed E-state index contributed by atoms with van der Waals surface area (Å²) < 4.78 is 5.97. The van der Waals surface area contributed by atoms with Crippen molar-refractivity contribution in [3.8, 4) is 5.75 Å². The van der Waals surface area contributed by atoms with Crippen molar-refractivity contribution in [1.82, 2.24) is 15.5 Å². The number of aliphatic imine (C=N–C) groups is 1. The van der Waals surface area contributed by atoms with Crippen molar-refractivity contribution in [3.63, 3.8) is 0 Å². The maximum atomic E-state index is 6.17. The SMILES string of the molecule is Clc1ccccc1OC[C@H]1CCCN1C1=C2NC=NC2NC=C1. The lowest BCUT2D eigenvalue weighted by Crippen LogP contribution is -2.39. The second kappa shape index (κ2) is 6.16. The van der Waals surface area contributed by atoms with Crippen molar-refractivity contribution in [2.24, 2.45) is 4.99 Å². The van der Waals surface area contributed by atoms with Gasteiger partial charge in [-0.3, -0.25) is 0 Å². The second-order valence-electron chi connectivity index (χ2n) is 5.85. The van der Waals surface area contributed by atoms with Crippen LogP contribution in [-0.4, -0.2) is 36.6 Å². The Hall–Kier alpha value is -2.14. The van der Waals surface area contributed by atoms with Crippen LogP contribution in [0.2, 0.25) is 5.02 Å². The van der Waals surface area contributed by atoms with E-state index in [-0.39, 0.29) is 6.17 Å². The molecule has 1 saturated heterocycles. The van der Waals surface area contributed by atoms with Crippen molar-refractivity contribution in [2.45, 2.75) is 25.0 Å². The van der Waals surface area contributed by atoms with E-state index in [1.54, 1.807) is 6.34 Å². The summed E-state index contributed by atoms with van der Waals surface area (Å²) in [6.07, 6.45) is 8.14. The van der Waals surface area contributed by atoms with Crippen LogP contribution in [0.3, 0.4) is 0 Å². The zero-order chi connectivity index (χ0) is 15.6. The second-order valence-corrected chi connectivity index (χ2v) is 6.26. The fraction of sp³-hybridized carbons (Fsp3) is 0.353. The van der Waals surface area contributed by atoms with Crippen LogP contribution in [0.4, 0.5) is 0 Å². The number of hydrogen-bond acceptors (Lipinski definition) is 5. The molecule has 1 unspecified atom stereocenters. The summed E-state index contributed by atoms with van der Waals surface area (Å²) >= 11 is 6.17. The molecule has 4 rings (SSSR count). The van der Waals surface area contributed by atoms with Gasteiger partial charge in [-0.25, -0.2) is 4.99 Å². The normalized spacial score (nSPS) is 25.3. The third kappa shape index (κ3) is 2.77. The van der Waals surface area contributed by atoms with Gasteiger partial charge in [-0.05, 0) is 31.1 Å². The highest BCUT2D eigenvalue weighted by Crippen LogP contribution is 2.30. The number of benzene rings is 1. The molecule has 2 N–H and O–H groups in total. The molecule has 23 heavy (non-hydrogen) atoms. The van der Waals surface area contributed by atoms with E-state index in [2.05, 4.69) is 26.6 Å². The summed E-state index contributed by atoms with van der Waals surface area (Å²) in [5.41, 5.74) is 2.33. The molecule has 0 bridgehead atoms. The fourth-order valence-electron chi connectivity index (χ4n) is 3.31. The summed E-state index contributed by atoms with van der Waals surface area (Å²) in [5.74, 6) is 0.750. The Morgan fingerprint density at radius 1 is 1.35 bits per heavy atom. The Labute approximate surface area is 140 Å². The van der Waals surface area contributed by atoms with Crippen LogP contribution >= 0.6 is 11.6 Å². The molecule has 3 aliphatic rings. The molecule has 1 aromatic carbocycles. The van der Waals surface area contributed by atoms with Crippen LogP contribution in [0.5, 0.6) is 5.75 Å². The van der Waals surface area contributed by atoms with Crippen molar-refractivity contribution in [1.29, 1.82) is 0 Å². The first-order valence-corrected chi connectivity index (χ1v) is 8.29. The number of ether oxygens (including phenoxy) is 1. The average Bonchev–Trinajstić information content (AvgIpc) is 3.22. The molecule has 1 fully saturated rings. The quantitative estimate of drug-likeness (QED) is 0.890. The fourth-order valence-corrected chi connectivity index (χ4v) is 3.50. The molecule has 120 valence electrons. The highest BCUT2D eigenvalue weighted by atomic mass is 35.5. The average molecular weight is 331 g/mol. The maximum Gasteiger partial charge on any atom is 0.162 e. The molecular weight excluding hydrogens is 312 g/mol. The first kappa shape index (κ1) is 14.5. The van der Waals surface area contributed by atoms with Gasteiger partial charge in [0, 0.05) is 12.7 Å². The summed E-state index contributed by atoms with van der Waals surface area (Å²) in [5, 5.41) is 7.16. The Morgan fingerprint density at radius 3 is 3.17 bits per heavy atom. The van der Waals surface area contributed by atoms with E-state index in [4.69, 9.17) is 16.3 Å². The van der Waals surface area contributed by atoms with Gasteiger partial charge >= 0.3 is 0 Å². The predicted octanol–water partition coefficient (Wildman–Crippen LogP) is 2.47. The summed E-state index contributed by atoms with van der Waals surface area (Å²) in [6, 6.07) is 7.97. The van der Waals surface area contributed by atoms with E-state index >= 15 is 0 Å². The van der Waals surface area contributed by atoms with Gasteiger partial charge in [-0.15, -0.1) is 0 Å². The van der Waals surface area contributed by atoms with Crippen molar-refractivity contribution >= 4 is 17.9 Å². The Morgan fingerprint density at radius 2 is 2.26 bits per heavy atom. The molecule has 0 spiro atoms. The number of nitrogens with zero attached hydrogens (tertiary/aromatic N) is 2. The molecule has 0 aromatic heterocycles. The molecule has 0 aliphatic carbocycles. The zero-order valence-corrected chi connectivity index (χ0v) is 13.5. The standard InChI is InChI=1S/C17H19ClN4O/c18-13-5-1-2-6-15(13)23-10-12-4-3-9-22(12)14-7-8-19-17-16(14)20-11-21-17/h1-2,5-8,11-12,17,19H,3-4,9-10H2,(H,20,21)/t12-,17?/m1/s1. The van der Waals surface area contributed by atoms with Gasteiger partial charge in [0.25, 0.3) is 0 Å². The molecule has 5 nitrogen and oxygen atoms in total. The molecule has 3 heterocycles. The van der Waals surface area contributed by atoms with Crippen LogP contribution in [0.1, 0.15) is 12.8 Å². The van der Waals surface area contributed by atoms with Gasteiger partial charge in [0.2, 0.25) is 0 Å². The lowest BCUT2D eigenvalue weighted by molar-refractivity contribution is 0.204. The number of nitrogens with one attached hydrogen (secondary N) is 2. The predicted molar refractivity (Wildman–Crippen MR) is 91.4 cm³/mol. The number of fused-ring (bicyclic) bond motifs is 1. The van der Waals surface area contributed by atoms with Crippen LogP contribution in [0.25, 0.3) is 0 Å². The zero-order valence-electron chi connectivity index (χ0n) is 12.7. The number of allylic oxidation sites excluding steroid dienone is 1. The van der Waals surface area contributed by atoms with Crippen LogP contribution in [0, 0.1) is 0 Å². The number of dihydropyridines is 1. The van der Waals surface area contributed by atoms with Gasteiger partial charge < -0.3 is 20.3 Å². The van der Waals surface area contributed by atoms with E-state index in [0.29, 0.717) is 17.7 Å². The number of rotatable bonds is 4. The summed E-state index contributed by atoms with van der Waals surface area (Å²) in [6.45, 7) is 1.67. The van der Waals surface area contributed by atoms with Gasteiger partial charge in [-0.1, -0.05) is 23.7 Å². The largest absolute Gasteiger partial charge is 0.490 e. The summed E-state index contributed by atoms with van der Waals surface area (Å²) in [7, 11) is 0. The molecule has 0 saturated carbocycles. The number of hydrogen-bond donors (Lipinski definition) is 2. The third-order valence-corrected chi connectivity index (χ3v) is 4.76. The van der Waals surface area contributed by atoms with Gasteiger partial charge in [0.05, 0.1) is 28.8 Å². The first-order chi connectivity index (χ1) is 11.3. The maximum absolute atomic E-state index is 6.17. The Balaban J connectivity index is 1.49. The molecule has 0 radical (unpaired) electrons. The van der Waals surface area contributed by atoms with Crippen molar-refractivity contribution in [3.05, 3.63) is 53.0 Å². The van der Waals surface area contributed by atoms with E-state index in [1.165, 1.54) is 12.1 Å². The highest BCUT2D eigenvalue weighted by molar-refractivity contribution is 6.32. The molecular formula is C17H19ClN4O. The Kier molecular flexibility index (Phi) is 3.87. The minimum absolute atomic E-state index is 0.0146. The monoisotopic (exact) mass is 330 g/mol. The number of para-hydroxylation sites is 1. The van der Waals surface area contributed by atoms with Gasteiger partial charge in [-0.2, -0.15) is 0 Å². The van der Waals surface area contributed by atoms with E-state index in [0.717, 1.165) is 24.4 Å². The molecule has 1 aromatic rings. The first-order valence-electron chi connectivity index (χ1n) is 7.92. The van der Waals surface area contributed by atoms with Gasteiger partial charge in [0.1, 0.15) is 12.4 Å². The number of halogens is 1. The van der Waals surface area contributed by atoms with Crippen molar-refractivity contribution < 1.29 is 4.74 Å². The third-order valence-electron chi connectivity index (χ3n) is 4.44. The minimum Gasteiger partial charge on any atom is -0.490 e. The molecule has 2 atom stereocenters. The van der Waals surface area contributed by atoms with Crippen LogP contribution < -0.4 is 15.4 Å². The summed E-state index contributed by atoms with van der Waals surface area (Å²) in [4.78, 5) is 6.79. The molecule has 3 aliphatic heterocycles. The van der Waals surface area contributed by atoms with E-state index in [9.17, 15) is 0 Å². The number of likely N-dealkylation sites (tertiary alicyclic amines) is 1.